The van der Waals surface area contributed by atoms with Crippen LogP contribution in [-0.4, -0.2) is 122 Å². The molecule has 0 spiro atoms. The quantitative estimate of drug-likeness (QED) is 0.386. The topological polar surface area (TPSA) is 101 Å². The van der Waals surface area contributed by atoms with Gasteiger partial charge in [0.15, 0.2) is 5.43 Å². The molecule has 11 heteroatoms. The van der Waals surface area contributed by atoms with Gasteiger partial charge >= 0.3 is 0 Å². The Kier molecular flexibility index (Phi) is 11.6. The number of hydrogen-bond acceptors (Lipinski definition) is 9. The molecule has 0 aliphatic carbocycles. The Morgan fingerprint density at radius 3 is 1.95 bits per heavy atom. The third kappa shape index (κ3) is 9.01. The summed E-state index contributed by atoms with van der Waals surface area (Å²) in [5, 5.41) is 7.23. The molecule has 1 fully saturated rings. The first-order valence-corrected chi connectivity index (χ1v) is 15.4. The summed E-state index contributed by atoms with van der Waals surface area (Å²) in [6.07, 6.45) is 0. The van der Waals surface area contributed by atoms with E-state index >= 15 is 0 Å². The zero-order valence-electron chi connectivity index (χ0n) is 24.5. The lowest BCUT2D eigenvalue weighted by atomic mass is 10.2. The number of pyridine rings is 1. The van der Waals surface area contributed by atoms with Gasteiger partial charge in [-0.1, -0.05) is 12.1 Å². The monoisotopic (exact) mass is 581 g/mol. The molecule has 0 bridgehead atoms. The maximum atomic E-state index is 13.0. The SMILES string of the molecule is CCNC(=O)CN1CCN(C)CCN(CC(=O)NCC)CCN(Cc2ccc3c(=O)c4ccccc4sc3n2)CC1. The van der Waals surface area contributed by atoms with E-state index < -0.39 is 0 Å². The Bertz CT molecular complexity index is 1350. The highest BCUT2D eigenvalue weighted by molar-refractivity contribution is 7.24. The van der Waals surface area contributed by atoms with Crippen LogP contribution in [-0.2, 0) is 16.1 Å². The smallest absolute Gasteiger partial charge is 0.234 e. The summed E-state index contributed by atoms with van der Waals surface area (Å²) in [5.74, 6) is 0.0838. The molecule has 3 aromatic rings. The Hall–Kier alpha value is -2.96. The summed E-state index contributed by atoms with van der Waals surface area (Å²) in [6, 6.07) is 11.5. The molecule has 0 atom stereocenters. The molecule has 1 aliphatic rings. The lowest BCUT2D eigenvalue weighted by Crippen LogP contribution is -2.48. The van der Waals surface area contributed by atoms with Crippen LogP contribution in [0.4, 0.5) is 0 Å². The summed E-state index contributed by atoms with van der Waals surface area (Å²) in [6.45, 7) is 12.7. The number of aromatic nitrogens is 1. The summed E-state index contributed by atoms with van der Waals surface area (Å²) in [5.41, 5.74) is 0.924. The average molecular weight is 582 g/mol. The van der Waals surface area contributed by atoms with Gasteiger partial charge in [-0.25, -0.2) is 4.98 Å². The van der Waals surface area contributed by atoms with Crippen molar-refractivity contribution in [2.45, 2.75) is 20.4 Å². The average Bonchev–Trinajstić information content (AvgIpc) is 2.95. The Morgan fingerprint density at radius 2 is 1.34 bits per heavy atom. The van der Waals surface area contributed by atoms with Crippen molar-refractivity contribution < 1.29 is 9.59 Å². The number of likely N-dealkylation sites (N-methyl/N-ethyl adjacent to an activating group) is 3. The number of carbonyl (C=O) groups excluding carboxylic acids is 2. The van der Waals surface area contributed by atoms with Crippen molar-refractivity contribution in [2.24, 2.45) is 0 Å². The van der Waals surface area contributed by atoms with Gasteiger partial charge in [0.05, 0.1) is 24.2 Å². The maximum Gasteiger partial charge on any atom is 0.234 e. The number of hydrogen-bond donors (Lipinski definition) is 2. The van der Waals surface area contributed by atoms with E-state index in [0.717, 1.165) is 73.0 Å². The van der Waals surface area contributed by atoms with Gasteiger partial charge in [-0.15, -0.1) is 11.3 Å². The second-order valence-electron chi connectivity index (χ2n) is 10.6. The molecule has 0 unspecified atom stereocenters. The first kappa shape index (κ1) is 31.0. The minimum absolute atomic E-state index is 0.0201. The highest BCUT2D eigenvalue weighted by Gasteiger charge is 2.19. The highest BCUT2D eigenvalue weighted by atomic mass is 32.1. The van der Waals surface area contributed by atoms with E-state index in [9.17, 15) is 14.4 Å². The largest absolute Gasteiger partial charge is 0.355 e. The van der Waals surface area contributed by atoms with Gasteiger partial charge in [0.1, 0.15) is 4.83 Å². The normalized spacial score (nSPS) is 17.2. The lowest BCUT2D eigenvalue weighted by Gasteiger charge is -2.33. The van der Waals surface area contributed by atoms with E-state index in [2.05, 4.69) is 37.3 Å². The van der Waals surface area contributed by atoms with Crippen molar-refractivity contribution in [1.29, 1.82) is 0 Å². The van der Waals surface area contributed by atoms with Crippen molar-refractivity contribution in [1.82, 2.24) is 35.2 Å². The molecule has 2 aromatic heterocycles. The molecule has 0 saturated carbocycles. The Labute approximate surface area is 246 Å². The first-order chi connectivity index (χ1) is 19.9. The lowest BCUT2D eigenvalue weighted by molar-refractivity contribution is -0.122. The molecule has 222 valence electrons. The second-order valence-corrected chi connectivity index (χ2v) is 11.7. The number of amides is 2. The molecule has 2 N–H and O–H groups in total. The van der Waals surface area contributed by atoms with Gasteiger partial charge < -0.3 is 15.5 Å². The van der Waals surface area contributed by atoms with Crippen LogP contribution in [0.25, 0.3) is 20.3 Å². The van der Waals surface area contributed by atoms with E-state index in [1.54, 1.807) is 11.3 Å². The van der Waals surface area contributed by atoms with Crippen molar-refractivity contribution >= 4 is 43.5 Å². The predicted octanol–water partition coefficient (Wildman–Crippen LogP) is 1.43. The number of nitrogens with one attached hydrogen (secondary N) is 2. The molecular formula is C30H43N7O3S. The maximum absolute atomic E-state index is 13.0. The summed E-state index contributed by atoms with van der Waals surface area (Å²) < 4.78 is 0.938. The van der Waals surface area contributed by atoms with Crippen LogP contribution in [0, 0.1) is 0 Å². The van der Waals surface area contributed by atoms with Crippen LogP contribution in [0.2, 0.25) is 0 Å². The Morgan fingerprint density at radius 1 is 0.780 bits per heavy atom. The van der Waals surface area contributed by atoms with Crippen LogP contribution in [0.3, 0.4) is 0 Å². The third-order valence-corrected chi connectivity index (χ3v) is 8.51. The molecule has 1 aromatic carbocycles. The van der Waals surface area contributed by atoms with Gasteiger partial charge in [0.2, 0.25) is 11.8 Å². The number of benzene rings is 1. The van der Waals surface area contributed by atoms with Gasteiger partial charge in [0.25, 0.3) is 0 Å². The molecule has 41 heavy (non-hydrogen) atoms. The fourth-order valence-electron chi connectivity index (χ4n) is 5.06. The zero-order valence-corrected chi connectivity index (χ0v) is 25.3. The van der Waals surface area contributed by atoms with E-state index in [-0.39, 0.29) is 17.2 Å². The number of nitrogens with zero attached hydrogens (tertiary/aromatic N) is 5. The molecule has 1 saturated heterocycles. The fraction of sp³-hybridized carbons (Fsp3) is 0.533. The first-order valence-electron chi connectivity index (χ1n) is 14.6. The van der Waals surface area contributed by atoms with Crippen molar-refractivity contribution in [2.75, 3.05) is 85.6 Å². The van der Waals surface area contributed by atoms with Crippen LogP contribution < -0.4 is 16.1 Å². The zero-order chi connectivity index (χ0) is 29.2. The van der Waals surface area contributed by atoms with Crippen molar-refractivity contribution in [3.63, 3.8) is 0 Å². The number of rotatable bonds is 8. The van der Waals surface area contributed by atoms with Gasteiger partial charge in [-0.2, -0.15) is 0 Å². The van der Waals surface area contributed by atoms with E-state index in [0.29, 0.717) is 38.1 Å². The van der Waals surface area contributed by atoms with Crippen molar-refractivity contribution in [3.05, 3.63) is 52.3 Å². The molecular weight excluding hydrogens is 538 g/mol. The fourth-order valence-corrected chi connectivity index (χ4v) is 6.12. The van der Waals surface area contributed by atoms with Crippen molar-refractivity contribution in [3.8, 4) is 0 Å². The number of fused-ring (bicyclic) bond motifs is 2. The highest BCUT2D eigenvalue weighted by Crippen LogP contribution is 2.23. The van der Waals surface area contributed by atoms with Gasteiger partial charge in [-0.3, -0.25) is 29.1 Å². The van der Waals surface area contributed by atoms with E-state index in [4.69, 9.17) is 4.98 Å². The minimum atomic E-state index is 0.0201. The minimum Gasteiger partial charge on any atom is -0.355 e. The van der Waals surface area contributed by atoms with Gasteiger partial charge in [0, 0.05) is 82.1 Å². The molecule has 10 nitrogen and oxygen atoms in total. The molecule has 1 aliphatic heterocycles. The van der Waals surface area contributed by atoms with Crippen LogP contribution >= 0.6 is 11.3 Å². The second kappa shape index (κ2) is 15.3. The standard InChI is InChI=1S/C30H43N7O3S/c1-4-31-27(38)21-36-14-12-34(3)13-15-37(22-28(39)32-5-2)19-17-35(16-18-36)20-23-10-11-25-29(40)24-8-6-7-9-26(24)41-30(25)33-23/h6-11H,4-5,12-22H2,1-3H3,(H,31,38)(H,32,39). The predicted molar refractivity (Wildman–Crippen MR) is 166 cm³/mol. The van der Waals surface area contributed by atoms with Crippen LogP contribution in [0.5, 0.6) is 0 Å². The summed E-state index contributed by atoms with van der Waals surface area (Å²) in [7, 11) is 2.09. The Balaban J connectivity index is 1.55. The molecule has 4 rings (SSSR count). The van der Waals surface area contributed by atoms with Crippen LogP contribution in [0.15, 0.2) is 41.2 Å². The summed E-state index contributed by atoms with van der Waals surface area (Å²) >= 11 is 1.54. The number of carbonyl (C=O) groups is 2. The van der Waals surface area contributed by atoms with Crippen LogP contribution in [0.1, 0.15) is 19.5 Å². The van der Waals surface area contributed by atoms with E-state index in [1.807, 2.05) is 50.2 Å². The molecule has 2 amide bonds. The van der Waals surface area contributed by atoms with Gasteiger partial charge in [-0.05, 0) is 45.2 Å². The third-order valence-electron chi connectivity index (χ3n) is 7.43. The summed E-state index contributed by atoms with van der Waals surface area (Å²) in [4.78, 5) is 52.6. The van der Waals surface area contributed by atoms with E-state index in [1.165, 1.54) is 0 Å². The molecule has 0 radical (unpaired) electrons. The molecule has 3 heterocycles.